The van der Waals surface area contributed by atoms with Gasteiger partial charge in [-0.05, 0) is 31.9 Å². The molecule has 2 aliphatic rings. The summed E-state index contributed by atoms with van der Waals surface area (Å²) in [7, 11) is 2.01. The topological polar surface area (TPSA) is 73.1 Å². The molecule has 0 aliphatic carbocycles. The first-order valence-electron chi connectivity index (χ1n) is 8.95. The number of aromatic nitrogens is 1. The Morgan fingerprint density at radius 1 is 1.36 bits per heavy atom. The van der Waals surface area contributed by atoms with Crippen LogP contribution in [0.4, 0.5) is 5.82 Å². The lowest BCUT2D eigenvalue weighted by Gasteiger charge is -2.21. The van der Waals surface area contributed by atoms with Crippen molar-refractivity contribution in [3.63, 3.8) is 0 Å². The molecule has 6 nitrogen and oxygen atoms in total. The van der Waals surface area contributed by atoms with Gasteiger partial charge in [0.1, 0.15) is 17.5 Å². The van der Waals surface area contributed by atoms with Crippen LogP contribution in [0.3, 0.4) is 0 Å². The molecule has 3 heterocycles. The van der Waals surface area contributed by atoms with Crippen LogP contribution in [0.15, 0.2) is 24.3 Å². The van der Waals surface area contributed by atoms with Gasteiger partial charge in [0.15, 0.2) is 0 Å². The molecule has 2 N–H and O–H groups in total. The summed E-state index contributed by atoms with van der Waals surface area (Å²) in [6.07, 6.45) is 2.89. The SMILES string of the molecule is Cn1c(N2CC[C@H](NC(=O)[C@@H]3CCCN3)C2)c(C#N)c2ccccc21. The molecule has 0 saturated carbocycles. The van der Waals surface area contributed by atoms with Crippen molar-refractivity contribution in [3.8, 4) is 6.07 Å². The fourth-order valence-electron chi connectivity index (χ4n) is 4.14. The molecule has 6 heteroatoms. The summed E-state index contributed by atoms with van der Waals surface area (Å²) >= 11 is 0. The predicted molar refractivity (Wildman–Crippen MR) is 97.4 cm³/mol. The van der Waals surface area contributed by atoms with Crippen LogP contribution in [-0.2, 0) is 11.8 Å². The molecule has 2 aromatic rings. The number of nitriles is 1. The van der Waals surface area contributed by atoms with Crippen molar-refractivity contribution in [1.82, 2.24) is 15.2 Å². The lowest BCUT2D eigenvalue weighted by Crippen LogP contribution is -2.46. The summed E-state index contributed by atoms with van der Waals surface area (Å²) in [5, 5.41) is 17.1. The summed E-state index contributed by atoms with van der Waals surface area (Å²) < 4.78 is 2.09. The van der Waals surface area contributed by atoms with E-state index in [-0.39, 0.29) is 18.0 Å². The molecule has 0 radical (unpaired) electrons. The van der Waals surface area contributed by atoms with Gasteiger partial charge in [-0.1, -0.05) is 18.2 Å². The minimum Gasteiger partial charge on any atom is -0.355 e. The van der Waals surface area contributed by atoms with E-state index >= 15 is 0 Å². The van der Waals surface area contributed by atoms with E-state index in [4.69, 9.17) is 0 Å². The molecule has 2 aliphatic heterocycles. The average Bonchev–Trinajstić information content (AvgIpc) is 3.35. The minimum absolute atomic E-state index is 0.0404. The maximum atomic E-state index is 12.3. The lowest BCUT2D eigenvalue weighted by atomic mass is 10.2. The molecule has 1 aromatic heterocycles. The predicted octanol–water partition coefficient (Wildman–Crippen LogP) is 1.50. The number of aryl methyl sites for hydroxylation is 1. The molecule has 25 heavy (non-hydrogen) atoms. The van der Waals surface area contributed by atoms with E-state index in [9.17, 15) is 10.1 Å². The van der Waals surface area contributed by atoms with Gasteiger partial charge in [-0.2, -0.15) is 5.26 Å². The van der Waals surface area contributed by atoms with Gasteiger partial charge >= 0.3 is 0 Å². The van der Waals surface area contributed by atoms with E-state index in [1.807, 2.05) is 31.3 Å². The fraction of sp³-hybridized carbons (Fsp3) is 0.474. The van der Waals surface area contributed by atoms with Crippen molar-refractivity contribution in [1.29, 1.82) is 5.26 Å². The zero-order valence-electron chi connectivity index (χ0n) is 14.5. The van der Waals surface area contributed by atoms with Gasteiger partial charge in [0.05, 0.1) is 11.6 Å². The number of amides is 1. The van der Waals surface area contributed by atoms with Crippen LogP contribution in [0.1, 0.15) is 24.8 Å². The average molecular weight is 337 g/mol. The molecule has 130 valence electrons. The number of para-hydroxylation sites is 1. The second-order valence-electron chi connectivity index (χ2n) is 6.98. The Morgan fingerprint density at radius 3 is 2.96 bits per heavy atom. The van der Waals surface area contributed by atoms with E-state index in [2.05, 4.69) is 26.2 Å². The van der Waals surface area contributed by atoms with Crippen LogP contribution in [0.25, 0.3) is 10.9 Å². The highest BCUT2D eigenvalue weighted by atomic mass is 16.2. The van der Waals surface area contributed by atoms with Crippen molar-refractivity contribution in [2.75, 3.05) is 24.5 Å². The van der Waals surface area contributed by atoms with Gasteiger partial charge < -0.3 is 20.1 Å². The highest BCUT2D eigenvalue weighted by Gasteiger charge is 2.31. The zero-order chi connectivity index (χ0) is 17.4. The molecule has 2 atom stereocenters. The number of nitrogens with zero attached hydrogens (tertiary/aromatic N) is 3. The maximum Gasteiger partial charge on any atom is 0.237 e. The molecular weight excluding hydrogens is 314 g/mol. The molecule has 0 spiro atoms. The van der Waals surface area contributed by atoms with Crippen molar-refractivity contribution in [3.05, 3.63) is 29.8 Å². The first-order valence-corrected chi connectivity index (χ1v) is 8.95. The third-order valence-electron chi connectivity index (χ3n) is 5.40. The lowest BCUT2D eigenvalue weighted by molar-refractivity contribution is -0.123. The standard InChI is InChI=1S/C19H23N5O/c1-23-17-7-3-2-5-14(17)15(11-20)19(23)24-10-8-13(12-24)22-18(25)16-6-4-9-21-16/h2-3,5,7,13,16,21H,4,6,8-10,12H2,1H3,(H,22,25)/t13-,16-/m0/s1. The van der Waals surface area contributed by atoms with E-state index < -0.39 is 0 Å². The number of rotatable bonds is 3. The molecule has 0 unspecified atom stereocenters. The van der Waals surface area contributed by atoms with Crippen LogP contribution in [0.2, 0.25) is 0 Å². The molecular formula is C19H23N5O. The minimum atomic E-state index is -0.0404. The Bertz CT molecular complexity index is 843. The van der Waals surface area contributed by atoms with Gasteiger partial charge in [-0.25, -0.2) is 0 Å². The number of fused-ring (bicyclic) bond motifs is 1. The smallest absolute Gasteiger partial charge is 0.237 e. The third-order valence-corrected chi connectivity index (χ3v) is 5.40. The van der Waals surface area contributed by atoms with Crippen molar-refractivity contribution in [2.24, 2.45) is 7.05 Å². The largest absolute Gasteiger partial charge is 0.355 e. The van der Waals surface area contributed by atoms with Gasteiger partial charge in [-0.3, -0.25) is 4.79 Å². The quantitative estimate of drug-likeness (QED) is 0.890. The van der Waals surface area contributed by atoms with Crippen LogP contribution >= 0.6 is 0 Å². The monoisotopic (exact) mass is 337 g/mol. The van der Waals surface area contributed by atoms with Gasteiger partial charge in [0.25, 0.3) is 0 Å². The van der Waals surface area contributed by atoms with Crippen molar-refractivity contribution >= 4 is 22.6 Å². The van der Waals surface area contributed by atoms with E-state index in [0.29, 0.717) is 0 Å². The van der Waals surface area contributed by atoms with Crippen molar-refractivity contribution < 1.29 is 4.79 Å². The first kappa shape index (κ1) is 16.0. The second-order valence-corrected chi connectivity index (χ2v) is 6.98. The molecule has 4 rings (SSSR count). The zero-order valence-corrected chi connectivity index (χ0v) is 14.5. The normalized spacial score (nSPS) is 23.1. The molecule has 0 bridgehead atoms. The highest BCUT2D eigenvalue weighted by Crippen LogP contribution is 2.33. The maximum absolute atomic E-state index is 12.3. The third kappa shape index (κ3) is 2.75. The Hall–Kier alpha value is -2.52. The fourth-order valence-corrected chi connectivity index (χ4v) is 4.14. The highest BCUT2D eigenvalue weighted by molar-refractivity contribution is 5.93. The van der Waals surface area contributed by atoms with Crippen molar-refractivity contribution in [2.45, 2.75) is 31.3 Å². The molecule has 2 saturated heterocycles. The van der Waals surface area contributed by atoms with Gasteiger partial charge in [0.2, 0.25) is 5.91 Å². The number of anilines is 1. The number of nitrogens with one attached hydrogen (secondary N) is 2. The van der Waals surface area contributed by atoms with Crippen LogP contribution in [0.5, 0.6) is 0 Å². The summed E-state index contributed by atoms with van der Waals surface area (Å²) in [5.41, 5.74) is 1.79. The van der Waals surface area contributed by atoms with Crippen LogP contribution < -0.4 is 15.5 Å². The Labute approximate surface area is 147 Å². The summed E-state index contributed by atoms with van der Waals surface area (Å²) in [6, 6.07) is 10.5. The van der Waals surface area contributed by atoms with Gasteiger partial charge in [-0.15, -0.1) is 0 Å². The Kier molecular flexibility index (Phi) is 4.10. The Balaban J connectivity index is 1.54. The molecule has 1 aromatic carbocycles. The Morgan fingerprint density at radius 2 is 2.20 bits per heavy atom. The number of hydrogen-bond donors (Lipinski definition) is 2. The summed E-state index contributed by atoms with van der Waals surface area (Å²) in [4.78, 5) is 14.6. The van der Waals surface area contributed by atoms with Gasteiger partial charge in [0, 0.05) is 31.6 Å². The number of carbonyl (C=O) groups is 1. The number of carbonyl (C=O) groups excluding carboxylic acids is 1. The van der Waals surface area contributed by atoms with E-state index in [0.717, 1.165) is 61.2 Å². The van der Waals surface area contributed by atoms with Crippen LogP contribution in [0, 0.1) is 11.3 Å². The van der Waals surface area contributed by atoms with E-state index in [1.165, 1.54) is 0 Å². The molecule has 1 amide bonds. The van der Waals surface area contributed by atoms with E-state index in [1.54, 1.807) is 0 Å². The summed E-state index contributed by atoms with van der Waals surface area (Å²) in [5.74, 6) is 1.07. The molecule has 2 fully saturated rings. The number of hydrogen-bond acceptors (Lipinski definition) is 4. The summed E-state index contributed by atoms with van der Waals surface area (Å²) in [6.45, 7) is 2.52. The number of benzene rings is 1. The second kappa shape index (κ2) is 6.41. The first-order chi connectivity index (χ1) is 12.2. The van der Waals surface area contributed by atoms with Crippen LogP contribution in [-0.4, -0.2) is 42.2 Å².